The predicted molar refractivity (Wildman–Crippen MR) is 380 cm³/mol. The molecule has 0 spiro atoms. The van der Waals surface area contributed by atoms with Crippen molar-refractivity contribution in [1.29, 1.82) is 0 Å². The Morgan fingerprint density at radius 3 is 1.84 bits per heavy atom. The highest BCUT2D eigenvalue weighted by molar-refractivity contribution is 8.77. The van der Waals surface area contributed by atoms with Crippen molar-refractivity contribution in [2.45, 2.75) is 184 Å². The zero-order chi connectivity index (χ0) is 75.3. The van der Waals surface area contributed by atoms with E-state index in [4.69, 9.17) is 5.73 Å². The van der Waals surface area contributed by atoms with Gasteiger partial charge in [0.25, 0.3) is 0 Å². The number of nitrogens with one attached hydrogen (secondary N) is 15. The molecule has 102 heavy (non-hydrogen) atoms. The number of carboxylic acids is 2. The summed E-state index contributed by atoms with van der Waals surface area (Å²) >= 11 is 0. The fourth-order valence-corrected chi connectivity index (χ4v) is 15.1. The van der Waals surface area contributed by atoms with Crippen molar-refractivity contribution < 1.29 is 87.2 Å². The molecule has 20 N–H and O–H groups in total. The van der Waals surface area contributed by atoms with Gasteiger partial charge in [-0.15, -0.1) is 0 Å². The van der Waals surface area contributed by atoms with Crippen molar-refractivity contribution >= 4 is 143 Å². The molecule has 2 bridgehead atoms. The Morgan fingerprint density at radius 2 is 1.23 bits per heavy atom. The molecule has 2 fully saturated rings. The number of benzene rings is 1. The van der Waals surface area contributed by atoms with Gasteiger partial charge in [-0.1, -0.05) is 89.1 Å². The van der Waals surface area contributed by atoms with Crippen molar-refractivity contribution in [3.05, 3.63) is 54.2 Å². The maximum atomic E-state index is 15.2. The standard InChI is InChI=1S/C63H93N17O18S4/c1-30(2)19-42-54(89)68-26-48(82)71-39(14-15-49(83)84)56(91)75-43(20-31(3)4)59(94)73-40-16-18-100-99-17-10-13-38(55(90)77-45(61(96)74-42)22-35-25-66-29-69-35)72-53(88)32(5)70-62(97)46(78-58(93)41(65-7)23-50(85)86)27-101-102-28-47(63(98)80-51(33(6)81)52(64)87)79-60(95)44(76-57(40)92)21-34-24-67-37-12-9-8-11-36(34)37/h8-9,11-12,24-25,29-33,38-47,51,65,67,81H,10,13-23,26-28H2,1-7H3,(H2,64,87)(H,66,69)(H,68,89)(H,70,97)(H,71,82)(H,72,88)(H,73,94)(H,74,96)(H,75,91)(H,76,92)(H,77,90)(H,78,93)(H,79,95)(H,80,98)(H,83,84)(H,85,86)/t32-,33+,38-,39-,40-,41-,42-,43-,44-,45-,46-,47-,51-/m0/s1. The lowest BCUT2D eigenvalue weighted by Crippen LogP contribution is -2.61. The Balaban J connectivity index is 1.69. The fraction of sp³-hybridized carbons (Fsp3) is 0.587. The van der Waals surface area contributed by atoms with Gasteiger partial charge in [0.15, 0.2) is 0 Å². The molecule has 13 amide bonds. The first-order valence-corrected chi connectivity index (χ1v) is 38.0. The van der Waals surface area contributed by atoms with Gasteiger partial charge in [-0.3, -0.25) is 71.9 Å². The monoisotopic (exact) mass is 1500 g/mol. The van der Waals surface area contributed by atoms with Crippen molar-refractivity contribution in [3.63, 3.8) is 0 Å². The number of aromatic nitrogens is 3. The van der Waals surface area contributed by atoms with Crippen molar-refractivity contribution in [1.82, 2.24) is 84.1 Å². The van der Waals surface area contributed by atoms with Gasteiger partial charge in [-0.05, 0) is 82.9 Å². The highest BCUT2D eigenvalue weighted by Gasteiger charge is 2.38. The molecule has 35 nitrogen and oxygen atoms in total. The minimum atomic E-state index is -1.71. The number of nitrogens with zero attached hydrogens (tertiary/aromatic N) is 1. The van der Waals surface area contributed by atoms with Gasteiger partial charge in [0.05, 0.1) is 31.4 Å². The van der Waals surface area contributed by atoms with E-state index in [-0.39, 0.29) is 68.3 Å². The summed E-state index contributed by atoms with van der Waals surface area (Å²) in [7, 11) is 5.46. The molecule has 3 aromatic rings. The average Bonchev–Trinajstić information content (AvgIpc) is 1.65. The van der Waals surface area contributed by atoms with E-state index in [2.05, 4.69) is 84.1 Å². The van der Waals surface area contributed by atoms with Crippen LogP contribution in [0.1, 0.15) is 104 Å². The summed E-state index contributed by atoms with van der Waals surface area (Å²) in [5.41, 5.74) is 7.04. The molecule has 1 aromatic carbocycles. The molecule has 0 aliphatic carbocycles. The molecule has 39 heteroatoms. The number of aliphatic hydroxyl groups is 1. The minimum absolute atomic E-state index is 0.0144. The number of imidazole rings is 1. The molecule has 2 aromatic heterocycles. The quantitative estimate of drug-likeness (QED) is 0.0501. The number of hydrogen-bond acceptors (Lipinski definition) is 22. The third kappa shape index (κ3) is 27.9. The van der Waals surface area contributed by atoms with Gasteiger partial charge in [-0.25, -0.2) is 4.98 Å². The molecule has 2 saturated heterocycles. The summed E-state index contributed by atoms with van der Waals surface area (Å²) in [6, 6.07) is -11.4. The number of carbonyl (C=O) groups is 15. The molecule has 2 aliphatic heterocycles. The lowest BCUT2D eigenvalue weighted by atomic mass is 10.0. The first-order valence-electron chi connectivity index (χ1n) is 33.0. The third-order valence-electron chi connectivity index (χ3n) is 16.0. The summed E-state index contributed by atoms with van der Waals surface area (Å²) in [6.45, 7) is 8.57. The number of nitrogens with two attached hydrogens (primary N) is 1. The molecule has 5 rings (SSSR count). The second kappa shape index (κ2) is 42.1. The van der Waals surface area contributed by atoms with Crippen LogP contribution in [-0.2, 0) is 84.8 Å². The molecule has 0 radical (unpaired) electrons. The van der Waals surface area contributed by atoms with Crippen LogP contribution in [0.2, 0.25) is 0 Å². The number of likely N-dealkylation sites (N-methyl/N-ethyl adjacent to an activating group) is 1. The first-order chi connectivity index (χ1) is 48.3. The van der Waals surface area contributed by atoms with E-state index in [1.54, 1.807) is 58.2 Å². The summed E-state index contributed by atoms with van der Waals surface area (Å²) in [5.74, 6) is -16.5. The number of amides is 13. The second-order valence-electron chi connectivity index (χ2n) is 25.3. The van der Waals surface area contributed by atoms with Crippen LogP contribution < -0.4 is 74.9 Å². The first kappa shape index (κ1) is 84.0. The van der Waals surface area contributed by atoms with E-state index < -0.39 is 205 Å². The van der Waals surface area contributed by atoms with Crippen molar-refractivity contribution in [3.8, 4) is 0 Å². The van der Waals surface area contributed by atoms with Crippen LogP contribution in [0, 0.1) is 11.8 Å². The topological polar surface area (TPSA) is 544 Å². The lowest BCUT2D eigenvalue weighted by molar-refractivity contribution is -0.140. The van der Waals surface area contributed by atoms with Gasteiger partial charge in [0.2, 0.25) is 76.8 Å². The van der Waals surface area contributed by atoms with Crippen LogP contribution in [0.3, 0.4) is 0 Å². The molecular formula is C63H93N17O18S4. The van der Waals surface area contributed by atoms with Crippen LogP contribution in [0.25, 0.3) is 10.9 Å². The van der Waals surface area contributed by atoms with Crippen LogP contribution in [0.5, 0.6) is 0 Å². The van der Waals surface area contributed by atoms with E-state index in [0.717, 1.165) is 21.6 Å². The highest BCUT2D eigenvalue weighted by atomic mass is 33.1. The maximum Gasteiger partial charge on any atom is 0.305 e. The number of H-pyrrole nitrogens is 2. The number of aromatic amines is 2. The van der Waals surface area contributed by atoms with Crippen molar-refractivity contribution in [2.75, 3.05) is 36.6 Å². The number of primary amides is 1. The van der Waals surface area contributed by atoms with Gasteiger partial charge in [0.1, 0.15) is 66.5 Å². The summed E-state index contributed by atoms with van der Waals surface area (Å²) in [4.78, 5) is 220. The van der Waals surface area contributed by atoms with Gasteiger partial charge < -0.3 is 100 Å². The van der Waals surface area contributed by atoms with Crippen LogP contribution >= 0.6 is 43.2 Å². The molecular weight excluding hydrogens is 1410 g/mol. The normalized spacial score (nSPS) is 24.7. The van der Waals surface area contributed by atoms with E-state index in [0.29, 0.717) is 22.2 Å². The summed E-state index contributed by atoms with van der Waals surface area (Å²) in [5, 5.41) is 64.0. The summed E-state index contributed by atoms with van der Waals surface area (Å²) < 4.78 is 0. The molecule has 2 aliphatic rings. The lowest BCUT2D eigenvalue weighted by Gasteiger charge is -2.28. The van der Waals surface area contributed by atoms with E-state index >= 15 is 9.59 Å². The van der Waals surface area contributed by atoms with Crippen molar-refractivity contribution in [2.24, 2.45) is 17.6 Å². The van der Waals surface area contributed by atoms with Gasteiger partial charge in [0, 0.05) is 71.3 Å². The number of hydrogen-bond donors (Lipinski definition) is 19. The van der Waals surface area contributed by atoms with E-state index in [1.807, 2.05) is 0 Å². The second-order valence-corrected chi connectivity index (χ2v) is 30.6. The largest absolute Gasteiger partial charge is 0.481 e. The van der Waals surface area contributed by atoms with E-state index in [1.165, 1.54) is 55.0 Å². The number of aliphatic hydroxyl groups excluding tert-OH is 1. The molecule has 4 heterocycles. The molecule has 0 unspecified atom stereocenters. The maximum absolute atomic E-state index is 15.2. The number of para-hydroxylation sites is 1. The number of rotatable bonds is 20. The smallest absolute Gasteiger partial charge is 0.305 e. The Kier molecular flexibility index (Phi) is 34.6. The number of carbonyl (C=O) groups excluding carboxylic acids is 13. The van der Waals surface area contributed by atoms with Crippen LogP contribution in [-0.4, -0.2) is 234 Å². The Bertz CT molecular complexity index is 3440. The van der Waals surface area contributed by atoms with Crippen LogP contribution in [0.4, 0.5) is 0 Å². The van der Waals surface area contributed by atoms with Crippen LogP contribution in [0.15, 0.2) is 43.0 Å². The van der Waals surface area contributed by atoms with Gasteiger partial charge >= 0.3 is 11.9 Å². The highest BCUT2D eigenvalue weighted by Crippen LogP contribution is 2.27. The molecule has 562 valence electrons. The van der Waals surface area contributed by atoms with Gasteiger partial charge in [-0.2, -0.15) is 0 Å². The fourth-order valence-electron chi connectivity index (χ4n) is 10.6. The Morgan fingerprint density at radius 1 is 0.637 bits per heavy atom. The zero-order valence-corrected chi connectivity index (χ0v) is 60.7. The SMILES string of the molecule is CN[C@@H](CC(=O)O)C(=O)N[C@H]1CSSC[C@@H](C(=O)N[C@H](C(N)=O)[C@@H](C)O)NC(=O)[C@H](Cc2c[nH]c3ccccc23)NC(=O)[C@@H]2CCSSCCC[C@H](NC(=O)[C@H](C)NC1=O)C(=O)N[C@@H](Cc1cnc[nH]1)C(=O)N[C@@H](CC(C)C)C(=O)NCC(=O)N[C@@H](CCC(=O)O)C(=O)N[C@@H](CC(C)C)C(=O)N2. The van der Waals surface area contributed by atoms with E-state index in [9.17, 15) is 77.6 Å². The minimum Gasteiger partial charge on any atom is -0.481 e. The summed E-state index contributed by atoms with van der Waals surface area (Å²) in [6.07, 6.45) is 0.0888. The predicted octanol–water partition coefficient (Wildman–Crippen LogP) is -3.01. The third-order valence-corrected chi connectivity index (χ3v) is 21.0. The average molecular weight is 1500 g/mol. The Labute approximate surface area is 603 Å². The molecule has 0 saturated carbocycles. The Hall–Kier alpha value is -8.66. The number of carboxylic acid groups (broad SMARTS) is 2. The zero-order valence-electron chi connectivity index (χ0n) is 57.4. The number of fused-ring (bicyclic) bond motifs is 9. The number of aliphatic carboxylic acids is 2. The molecule has 13 atom stereocenters.